The van der Waals surface area contributed by atoms with Gasteiger partial charge in [0.1, 0.15) is 5.01 Å². The minimum Gasteiger partial charge on any atom is -0.378 e. The van der Waals surface area contributed by atoms with Crippen LogP contribution in [0.1, 0.15) is 53.4 Å². The number of amides is 2. The van der Waals surface area contributed by atoms with E-state index in [9.17, 15) is 19.6 Å². The summed E-state index contributed by atoms with van der Waals surface area (Å²) in [5.41, 5.74) is 8.47. The van der Waals surface area contributed by atoms with E-state index in [0.29, 0.717) is 60.8 Å². The van der Waals surface area contributed by atoms with Gasteiger partial charge >= 0.3 is 0 Å². The van der Waals surface area contributed by atoms with Gasteiger partial charge in [-0.25, -0.2) is 4.98 Å². The summed E-state index contributed by atoms with van der Waals surface area (Å²) >= 11 is 1.30. The van der Waals surface area contributed by atoms with E-state index in [0.717, 1.165) is 28.7 Å². The highest BCUT2D eigenvalue weighted by atomic mass is 32.1. The van der Waals surface area contributed by atoms with Gasteiger partial charge in [-0.3, -0.25) is 14.4 Å². The van der Waals surface area contributed by atoms with E-state index in [2.05, 4.69) is 10.3 Å². The molecule has 9 nitrogen and oxygen atoms in total. The Kier molecular flexibility index (Phi) is 8.85. The number of benzene rings is 2. The predicted molar refractivity (Wildman–Crippen MR) is 153 cm³/mol. The highest BCUT2D eigenvalue weighted by molar-refractivity contribution is 7.18. The number of carbonyl (C=O) groups excluding carboxylic acids is 3. The fourth-order valence-electron chi connectivity index (χ4n) is 4.33. The normalized spacial score (nSPS) is 17.4. The number of Topliss-reactive ketones (excluding diaryl/α,β-unsaturated/α-hetero) is 1. The van der Waals surface area contributed by atoms with E-state index in [4.69, 9.17) is 10.5 Å². The van der Waals surface area contributed by atoms with Crippen LogP contribution in [0.4, 0.5) is 0 Å². The molecule has 2 amide bonds. The molecule has 1 saturated heterocycles. The molecule has 6 rings (SSSR count). The van der Waals surface area contributed by atoms with E-state index >= 15 is 0 Å². The Morgan fingerprint density at radius 2 is 1.75 bits per heavy atom. The monoisotopic (exact) mass is 559 g/mol. The zero-order chi connectivity index (χ0) is 28.1. The lowest BCUT2D eigenvalue weighted by Gasteiger charge is -2.26. The first-order valence-corrected chi connectivity index (χ1v) is 14.6. The lowest BCUT2D eigenvalue weighted by atomic mass is 10.0. The van der Waals surface area contributed by atoms with Crippen LogP contribution >= 0.6 is 11.3 Å². The molecule has 3 aliphatic rings. The van der Waals surface area contributed by atoms with E-state index in [1.165, 1.54) is 24.2 Å². The number of hydrogen-bond acceptors (Lipinski definition) is 8. The first-order chi connectivity index (χ1) is 19.4. The van der Waals surface area contributed by atoms with E-state index in [1.54, 1.807) is 4.90 Å². The van der Waals surface area contributed by atoms with Crippen molar-refractivity contribution in [3.63, 3.8) is 0 Å². The average Bonchev–Trinajstić information content (AvgIpc) is 3.92. The zero-order valence-corrected chi connectivity index (χ0v) is 23.1. The van der Waals surface area contributed by atoms with Gasteiger partial charge in [0.25, 0.3) is 5.91 Å². The SMILES string of the molecule is N#CC(C(=O)NCC(=O)CC1CC1)c1nc2ccc(-c3ccc(C(=O)N4CCOCC4)cc3)cc2s1.NC1CC1. The topological polar surface area (TPSA) is 138 Å². The Balaban J connectivity index is 0.000000741. The van der Waals surface area contributed by atoms with Crippen molar-refractivity contribution in [3.8, 4) is 17.2 Å². The first kappa shape index (κ1) is 27.9. The van der Waals surface area contributed by atoms with Crippen LogP contribution in [0.5, 0.6) is 0 Å². The van der Waals surface area contributed by atoms with E-state index in [-0.39, 0.29) is 18.2 Å². The molecular formula is C30H33N5O4S. The van der Waals surface area contributed by atoms with Crippen LogP contribution in [0.25, 0.3) is 21.3 Å². The van der Waals surface area contributed by atoms with Gasteiger partial charge in [-0.1, -0.05) is 18.2 Å². The molecule has 0 bridgehead atoms. The largest absolute Gasteiger partial charge is 0.378 e. The molecule has 2 aliphatic carbocycles. The summed E-state index contributed by atoms with van der Waals surface area (Å²) in [6.45, 7) is 2.28. The van der Waals surface area contributed by atoms with Gasteiger partial charge in [-0.05, 0) is 67.0 Å². The molecule has 0 spiro atoms. The number of fused-ring (bicyclic) bond motifs is 1. The molecule has 1 aromatic heterocycles. The minimum absolute atomic E-state index is 0.00228. The maximum atomic E-state index is 12.7. The van der Waals surface area contributed by atoms with Gasteiger partial charge in [0.2, 0.25) is 5.91 Å². The Morgan fingerprint density at radius 1 is 1.07 bits per heavy atom. The third-order valence-corrected chi connectivity index (χ3v) is 8.18. The number of ether oxygens (including phenoxy) is 1. The van der Waals surface area contributed by atoms with Crippen molar-refractivity contribution in [1.29, 1.82) is 5.26 Å². The third-order valence-electron chi connectivity index (χ3n) is 7.10. The van der Waals surface area contributed by atoms with Gasteiger partial charge in [-0.15, -0.1) is 11.3 Å². The van der Waals surface area contributed by atoms with Crippen LogP contribution in [0, 0.1) is 17.2 Å². The predicted octanol–water partition coefficient (Wildman–Crippen LogP) is 3.64. The number of rotatable bonds is 8. The van der Waals surface area contributed by atoms with Crippen molar-refractivity contribution in [2.24, 2.45) is 11.7 Å². The highest BCUT2D eigenvalue weighted by Crippen LogP contribution is 2.33. The van der Waals surface area contributed by atoms with Gasteiger partial charge in [0.05, 0.1) is 36.0 Å². The summed E-state index contributed by atoms with van der Waals surface area (Å²) in [6, 6.07) is 15.9. The molecule has 1 aliphatic heterocycles. The van der Waals surface area contributed by atoms with Crippen molar-refractivity contribution in [3.05, 3.63) is 53.0 Å². The van der Waals surface area contributed by atoms with E-state index in [1.807, 2.05) is 48.5 Å². The first-order valence-electron chi connectivity index (χ1n) is 13.7. The van der Waals surface area contributed by atoms with Crippen molar-refractivity contribution < 1.29 is 19.1 Å². The summed E-state index contributed by atoms with van der Waals surface area (Å²) in [5.74, 6) is -1.11. The molecule has 2 aromatic carbocycles. The highest BCUT2D eigenvalue weighted by Gasteiger charge is 2.27. The van der Waals surface area contributed by atoms with E-state index < -0.39 is 11.8 Å². The van der Waals surface area contributed by atoms with Crippen LogP contribution in [0.2, 0.25) is 0 Å². The third kappa shape index (κ3) is 7.30. The molecule has 3 aromatic rings. The summed E-state index contributed by atoms with van der Waals surface area (Å²) < 4.78 is 6.17. The number of hydrogen-bond donors (Lipinski definition) is 2. The molecule has 2 saturated carbocycles. The lowest BCUT2D eigenvalue weighted by molar-refractivity contribution is -0.125. The standard InChI is InChI=1S/C27H26N4O4S.C3H7N/c28-15-22(25(33)29-16-21(32)13-17-1-2-17)26-30-23-8-7-20(14-24(23)36-26)18-3-5-19(6-4-18)27(34)31-9-11-35-12-10-31;4-3-1-2-3/h3-8,14,17,22H,1-2,9-13,16H2,(H,29,33);3H,1-2,4H2. The number of nitrogens with one attached hydrogen (secondary N) is 1. The molecule has 3 fully saturated rings. The minimum atomic E-state index is -1.06. The summed E-state index contributed by atoms with van der Waals surface area (Å²) in [7, 11) is 0. The van der Waals surface area contributed by atoms with Crippen LogP contribution in [-0.2, 0) is 14.3 Å². The fourth-order valence-corrected chi connectivity index (χ4v) is 5.38. The molecule has 10 heteroatoms. The molecule has 40 heavy (non-hydrogen) atoms. The quantitative estimate of drug-likeness (QED) is 0.430. The number of carbonyl (C=O) groups is 3. The number of nitrogens with two attached hydrogens (primary N) is 1. The van der Waals surface area contributed by atoms with Crippen LogP contribution in [0.3, 0.4) is 0 Å². The molecular weight excluding hydrogens is 526 g/mol. The Morgan fingerprint density at radius 3 is 2.38 bits per heavy atom. The molecule has 2 heterocycles. The van der Waals surface area contributed by atoms with Crippen LogP contribution in [-0.4, -0.2) is 66.4 Å². The van der Waals surface area contributed by atoms with Gasteiger partial charge in [0.15, 0.2) is 11.7 Å². The number of nitriles is 1. The second kappa shape index (κ2) is 12.7. The molecule has 1 unspecified atom stereocenters. The molecule has 1 atom stereocenters. The summed E-state index contributed by atoms with van der Waals surface area (Å²) in [6.07, 6.45) is 5.17. The number of aromatic nitrogens is 1. The number of morpholine rings is 1. The summed E-state index contributed by atoms with van der Waals surface area (Å²) in [4.78, 5) is 43.5. The van der Waals surface area contributed by atoms with Crippen LogP contribution in [0.15, 0.2) is 42.5 Å². The smallest absolute Gasteiger partial charge is 0.254 e. The maximum absolute atomic E-state index is 12.7. The number of ketones is 1. The Bertz CT molecular complexity index is 1420. The fraction of sp³-hybridized carbons (Fsp3) is 0.433. The van der Waals surface area contributed by atoms with Gasteiger partial charge in [0, 0.05) is 31.1 Å². The average molecular weight is 560 g/mol. The zero-order valence-electron chi connectivity index (χ0n) is 22.3. The maximum Gasteiger partial charge on any atom is 0.254 e. The molecule has 0 radical (unpaired) electrons. The Labute approximate surface area is 237 Å². The Hall–Kier alpha value is -3.65. The lowest BCUT2D eigenvalue weighted by Crippen LogP contribution is -2.40. The number of thiazole rings is 1. The van der Waals surface area contributed by atoms with Gasteiger partial charge < -0.3 is 20.7 Å². The second-order valence-corrected chi connectivity index (χ2v) is 11.6. The van der Waals surface area contributed by atoms with Crippen molar-refractivity contribution in [2.45, 2.75) is 44.1 Å². The van der Waals surface area contributed by atoms with Gasteiger partial charge in [-0.2, -0.15) is 5.26 Å². The molecule has 3 N–H and O–H groups in total. The van der Waals surface area contributed by atoms with Crippen molar-refractivity contribution in [2.75, 3.05) is 32.8 Å². The molecule has 208 valence electrons. The van der Waals surface area contributed by atoms with Crippen LogP contribution < -0.4 is 11.1 Å². The second-order valence-electron chi connectivity index (χ2n) is 10.5. The summed E-state index contributed by atoms with van der Waals surface area (Å²) in [5, 5.41) is 12.6. The van der Waals surface area contributed by atoms with Crippen molar-refractivity contribution >= 4 is 39.2 Å². The number of nitrogens with zero attached hydrogens (tertiary/aromatic N) is 3. The van der Waals surface area contributed by atoms with Crippen molar-refractivity contribution in [1.82, 2.24) is 15.2 Å².